The van der Waals surface area contributed by atoms with Crippen molar-refractivity contribution in [1.29, 1.82) is 0 Å². The van der Waals surface area contributed by atoms with E-state index in [1.165, 1.54) is 0 Å². The molecule has 3 N–H and O–H groups in total. The number of aromatic carboxylic acids is 1. The molecule has 11 heavy (non-hydrogen) atoms. The number of carboxylic acids is 1. The molecular weight excluding hydrogens is 144 g/mol. The van der Waals surface area contributed by atoms with Crippen LogP contribution in [0.4, 0.5) is 5.82 Å². The first-order valence-corrected chi connectivity index (χ1v) is 3.46. The Morgan fingerprint density at radius 2 is 2.45 bits per heavy atom. The molecule has 1 aliphatic heterocycles. The molecule has 0 aromatic carbocycles. The zero-order valence-corrected chi connectivity index (χ0v) is 5.85. The summed E-state index contributed by atoms with van der Waals surface area (Å²) in [5, 5.41) is 11.6. The van der Waals surface area contributed by atoms with Crippen LogP contribution in [0, 0.1) is 0 Å². The largest absolute Gasteiger partial charge is 0.477 e. The number of carboxylic acid groups (broad SMARTS) is 1. The Bertz CT molecular complexity index is 282. The number of aromatic amines is 1. The molecule has 2 rings (SSSR count). The van der Waals surface area contributed by atoms with Crippen molar-refractivity contribution in [3.63, 3.8) is 0 Å². The molecule has 4 nitrogen and oxygen atoms in total. The maximum atomic E-state index is 10.4. The fourth-order valence-electron chi connectivity index (χ4n) is 1.29. The average molecular weight is 152 g/mol. The zero-order valence-electron chi connectivity index (χ0n) is 5.85. The fraction of sp³-hybridized carbons (Fsp3) is 0.286. The molecule has 0 atom stereocenters. The maximum Gasteiger partial charge on any atom is 0.352 e. The summed E-state index contributed by atoms with van der Waals surface area (Å²) in [6.07, 6.45) is 0.916. The molecule has 1 aromatic heterocycles. The Morgan fingerprint density at radius 1 is 1.64 bits per heavy atom. The predicted molar refractivity (Wildman–Crippen MR) is 39.9 cm³/mol. The molecule has 58 valence electrons. The van der Waals surface area contributed by atoms with Crippen molar-refractivity contribution in [2.45, 2.75) is 6.42 Å². The van der Waals surface area contributed by atoms with Crippen LogP contribution in [0.5, 0.6) is 0 Å². The van der Waals surface area contributed by atoms with Gasteiger partial charge < -0.3 is 15.4 Å². The highest BCUT2D eigenvalue weighted by Gasteiger charge is 2.15. The Morgan fingerprint density at radius 3 is 3.09 bits per heavy atom. The summed E-state index contributed by atoms with van der Waals surface area (Å²) in [4.78, 5) is 13.2. The van der Waals surface area contributed by atoms with Gasteiger partial charge in [0.15, 0.2) is 0 Å². The Balaban J connectivity index is 2.42. The number of rotatable bonds is 1. The predicted octanol–water partition coefficient (Wildman–Crippen LogP) is 0.681. The number of nitrogens with one attached hydrogen (secondary N) is 2. The number of carbonyl (C=O) groups is 1. The van der Waals surface area contributed by atoms with Crippen molar-refractivity contribution in [3.8, 4) is 0 Å². The van der Waals surface area contributed by atoms with Crippen LogP contribution in [0.3, 0.4) is 0 Å². The van der Waals surface area contributed by atoms with Crippen molar-refractivity contribution >= 4 is 11.8 Å². The molecule has 1 aromatic rings. The summed E-state index contributed by atoms with van der Waals surface area (Å²) in [5.41, 5.74) is 1.34. The van der Waals surface area contributed by atoms with E-state index in [0.717, 1.165) is 24.3 Å². The lowest BCUT2D eigenvalue weighted by molar-refractivity contribution is 0.0691. The Labute approximate surface area is 63.2 Å². The molecular formula is C7H8N2O2. The molecule has 0 bridgehead atoms. The summed E-state index contributed by atoms with van der Waals surface area (Å²) in [6, 6.07) is 1.68. The van der Waals surface area contributed by atoms with Gasteiger partial charge in [0.05, 0.1) is 0 Å². The molecule has 0 fully saturated rings. The van der Waals surface area contributed by atoms with Gasteiger partial charge in [0.25, 0.3) is 0 Å². The molecule has 0 spiro atoms. The first-order chi connectivity index (χ1) is 5.27. The normalized spacial score (nSPS) is 14.2. The third kappa shape index (κ3) is 0.869. The molecule has 1 aliphatic rings. The highest BCUT2D eigenvalue weighted by molar-refractivity contribution is 5.87. The third-order valence-electron chi connectivity index (χ3n) is 1.83. The van der Waals surface area contributed by atoms with Crippen molar-refractivity contribution in [3.05, 3.63) is 17.3 Å². The maximum absolute atomic E-state index is 10.4. The van der Waals surface area contributed by atoms with Gasteiger partial charge in [-0.05, 0) is 18.1 Å². The first kappa shape index (κ1) is 6.27. The van der Waals surface area contributed by atoms with Crippen molar-refractivity contribution in [2.75, 3.05) is 11.9 Å². The van der Waals surface area contributed by atoms with Gasteiger partial charge >= 0.3 is 5.97 Å². The van der Waals surface area contributed by atoms with E-state index >= 15 is 0 Å². The summed E-state index contributed by atoms with van der Waals surface area (Å²) in [7, 11) is 0. The number of anilines is 1. The standard InChI is InChI=1S/C7H8N2O2/c10-7(11)5-3-4-1-2-8-6(4)9-5/h3,8-9H,1-2H2,(H,10,11). The minimum Gasteiger partial charge on any atom is -0.477 e. The Hall–Kier alpha value is -1.45. The van der Waals surface area contributed by atoms with Crippen molar-refractivity contribution in [1.82, 2.24) is 4.98 Å². The molecule has 0 saturated heterocycles. The van der Waals surface area contributed by atoms with Crippen LogP contribution in [0.2, 0.25) is 0 Å². The van der Waals surface area contributed by atoms with Crippen LogP contribution in [-0.4, -0.2) is 22.6 Å². The second-order valence-corrected chi connectivity index (χ2v) is 2.57. The van der Waals surface area contributed by atoms with Gasteiger partial charge in [-0.15, -0.1) is 0 Å². The van der Waals surface area contributed by atoms with Gasteiger partial charge in [-0.2, -0.15) is 0 Å². The van der Waals surface area contributed by atoms with E-state index in [4.69, 9.17) is 5.11 Å². The van der Waals surface area contributed by atoms with Crippen LogP contribution >= 0.6 is 0 Å². The Kier molecular flexibility index (Phi) is 1.15. The summed E-state index contributed by atoms with van der Waals surface area (Å²) < 4.78 is 0. The molecule has 0 unspecified atom stereocenters. The molecule has 0 radical (unpaired) electrons. The van der Waals surface area contributed by atoms with Gasteiger partial charge in [-0.3, -0.25) is 0 Å². The summed E-state index contributed by atoms with van der Waals surface area (Å²) >= 11 is 0. The molecule has 0 aliphatic carbocycles. The molecule has 0 saturated carbocycles. The lowest BCUT2D eigenvalue weighted by Crippen LogP contribution is -1.99. The van der Waals surface area contributed by atoms with Gasteiger partial charge in [-0.1, -0.05) is 0 Å². The van der Waals surface area contributed by atoms with E-state index in [9.17, 15) is 4.79 Å². The minimum absolute atomic E-state index is 0.266. The number of H-pyrrole nitrogens is 1. The minimum atomic E-state index is -0.902. The van der Waals surface area contributed by atoms with Gasteiger partial charge in [0, 0.05) is 6.54 Å². The second-order valence-electron chi connectivity index (χ2n) is 2.57. The van der Waals surface area contributed by atoms with E-state index in [0.29, 0.717) is 0 Å². The van der Waals surface area contributed by atoms with E-state index in [1.54, 1.807) is 6.07 Å². The number of aromatic nitrogens is 1. The van der Waals surface area contributed by atoms with Crippen molar-refractivity contribution < 1.29 is 9.90 Å². The SMILES string of the molecule is O=C(O)c1cc2c([nH]1)NCC2. The fourth-order valence-corrected chi connectivity index (χ4v) is 1.29. The lowest BCUT2D eigenvalue weighted by Gasteiger charge is -1.91. The zero-order chi connectivity index (χ0) is 7.84. The van der Waals surface area contributed by atoms with Crippen LogP contribution in [0.15, 0.2) is 6.07 Å². The van der Waals surface area contributed by atoms with E-state index < -0.39 is 5.97 Å². The number of hydrogen-bond donors (Lipinski definition) is 3. The lowest BCUT2D eigenvalue weighted by atomic mass is 10.2. The number of fused-ring (bicyclic) bond motifs is 1. The topological polar surface area (TPSA) is 65.1 Å². The highest BCUT2D eigenvalue weighted by atomic mass is 16.4. The summed E-state index contributed by atoms with van der Waals surface area (Å²) in [6.45, 7) is 0.904. The molecule has 2 heterocycles. The van der Waals surface area contributed by atoms with Gasteiger partial charge in [-0.25, -0.2) is 4.79 Å². The van der Waals surface area contributed by atoms with E-state index in [1.807, 2.05) is 0 Å². The van der Waals surface area contributed by atoms with Crippen LogP contribution < -0.4 is 5.32 Å². The van der Waals surface area contributed by atoms with Gasteiger partial charge in [0.2, 0.25) is 0 Å². The average Bonchev–Trinajstić information content (AvgIpc) is 2.40. The second kappa shape index (κ2) is 2.02. The number of hydrogen-bond acceptors (Lipinski definition) is 2. The van der Waals surface area contributed by atoms with Gasteiger partial charge in [0.1, 0.15) is 11.5 Å². The summed E-state index contributed by atoms with van der Waals surface area (Å²) in [5.74, 6) is -0.0383. The quantitative estimate of drug-likeness (QED) is 0.554. The highest BCUT2D eigenvalue weighted by Crippen LogP contribution is 2.21. The van der Waals surface area contributed by atoms with Crippen LogP contribution in [0.1, 0.15) is 16.1 Å². The molecule has 4 heteroatoms. The van der Waals surface area contributed by atoms with E-state index in [-0.39, 0.29) is 5.69 Å². The third-order valence-corrected chi connectivity index (χ3v) is 1.83. The van der Waals surface area contributed by atoms with Crippen molar-refractivity contribution in [2.24, 2.45) is 0 Å². The van der Waals surface area contributed by atoms with Crippen LogP contribution in [-0.2, 0) is 6.42 Å². The van der Waals surface area contributed by atoms with E-state index in [2.05, 4.69) is 10.3 Å². The monoisotopic (exact) mass is 152 g/mol. The molecule has 0 amide bonds. The smallest absolute Gasteiger partial charge is 0.352 e. The van der Waals surface area contributed by atoms with Crippen LogP contribution in [0.25, 0.3) is 0 Å². The first-order valence-electron chi connectivity index (χ1n) is 3.46.